The van der Waals surface area contributed by atoms with Gasteiger partial charge in [0.25, 0.3) is 5.91 Å². The Morgan fingerprint density at radius 2 is 1.69 bits per heavy atom. The molecule has 0 unspecified atom stereocenters. The molecule has 1 aliphatic rings. The maximum Gasteiger partial charge on any atom is 0.326 e. The summed E-state index contributed by atoms with van der Waals surface area (Å²) in [5, 5.41) is 5.47. The van der Waals surface area contributed by atoms with Crippen molar-refractivity contribution < 1.29 is 23.1 Å². The van der Waals surface area contributed by atoms with Crippen molar-refractivity contribution in [2.45, 2.75) is 11.5 Å². The van der Waals surface area contributed by atoms with Crippen LogP contribution in [0, 0.1) is 18.6 Å². The topological polar surface area (TPSA) is 67.4 Å². The van der Waals surface area contributed by atoms with Crippen molar-refractivity contribution in [2.24, 2.45) is 0 Å². The standard InChI is InChI=1S/C24H17Cl3F2N2O3S2/c1-11-17(30-24(33)31-22(32)19-15(28)3-2-4-16(19)29)10-13(23-35-7-8-36-23)21(20(11)27)34-18-6-5-12(25)9-14(18)26/h2-6,9-10,23H,7-8H2,1H3,(H2,30,31,32,33). The smallest absolute Gasteiger partial charge is 0.326 e. The molecule has 0 saturated carbocycles. The number of urea groups is 1. The van der Waals surface area contributed by atoms with Crippen LogP contribution in [0.5, 0.6) is 11.5 Å². The number of amides is 3. The summed E-state index contributed by atoms with van der Waals surface area (Å²) in [5.74, 6) is -0.833. The minimum atomic E-state index is -1.22. The second-order valence-corrected chi connectivity index (χ2v) is 11.5. The summed E-state index contributed by atoms with van der Waals surface area (Å²) in [6, 6.07) is 8.50. The van der Waals surface area contributed by atoms with Crippen molar-refractivity contribution in [1.82, 2.24) is 5.32 Å². The molecule has 12 heteroatoms. The van der Waals surface area contributed by atoms with Crippen LogP contribution in [0.2, 0.25) is 15.1 Å². The Hall–Kier alpha value is -2.17. The van der Waals surface area contributed by atoms with E-state index in [1.807, 2.05) is 5.32 Å². The predicted molar refractivity (Wildman–Crippen MR) is 143 cm³/mol. The van der Waals surface area contributed by atoms with Crippen LogP contribution in [-0.2, 0) is 0 Å². The number of nitrogens with one attached hydrogen (secondary N) is 2. The normalized spacial score (nSPS) is 13.5. The maximum absolute atomic E-state index is 13.9. The lowest BCUT2D eigenvalue weighted by Gasteiger charge is -2.21. The van der Waals surface area contributed by atoms with Gasteiger partial charge in [-0.25, -0.2) is 13.6 Å². The summed E-state index contributed by atoms with van der Waals surface area (Å²) in [7, 11) is 0. The highest BCUT2D eigenvalue weighted by atomic mass is 35.5. The fraction of sp³-hybridized carbons (Fsp3) is 0.167. The Balaban J connectivity index is 1.64. The summed E-state index contributed by atoms with van der Waals surface area (Å²) < 4.78 is 33.9. The largest absolute Gasteiger partial charge is 0.454 e. The number of hydrogen-bond acceptors (Lipinski definition) is 5. The first-order valence-corrected chi connectivity index (χ1v) is 13.6. The molecule has 0 bridgehead atoms. The zero-order valence-electron chi connectivity index (χ0n) is 18.5. The number of carbonyl (C=O) groups excluding carboxylic acids is 2. The highest BCUT2D eigenvalue weighted by Crippen LogP contribution is 2.53. The fourth-order valence-electron chi connectivity index (χ4n) is 3.39. The van der Waals surface area contributed by atoms with Crippen LogP contribution in [0.4, 0.5) is 19.3 Å². The van der Waals surface area contributed by atoms with E-state index < -0.39 is 29.1 Å². The molecule has 3 aromatic carbocycles. The Kier molecular flexibility index (Phi) is 8.57. The van der Waals surface area contributed by atoms with Crippen molar-refractivity contribution in [3.63, 3.8) is 0 Å². The lowest BCUT2D eigenvalue weighted by Crippen LogP contribution is -2.35. The van der Waals surface area contributed by atoms with E-state index in [2.05, 4.69) is 5.32 Å². The fourth-order valence-corrected chi connectivity index (χ4v) is 6.96. The first-order valence-electron chi connectivity index (χ1n) is 10.4. The Bertz CT molecular complexity index is 1330. The number of hydrogen-bond donors (Lipinski definition) is 2. The number of thioether (sulfide) groups is 2. The highest BCUT2D eigenvalue weighted by Gasteiger charge is 2.28. The molecule has 0 aromatic heterocycles. The number of ether oxygens (including phenoxy) is 1. The second kappa shape index (κ2) is 11.5. The van der Waals surface area contributed by atoms with E-state index in [-0.39, 0.29) is 9.60 Å². The van der Waals surface area contributed by atoms with Gasteiger partial charge in [0.05, 0.1) is 14.6 Å². The average molecular weight is 590 g/mol. The zero-order chi connectivity index (χ0) is 26.0. The van der Waals surface area contributed by atoms with E-state index in [1.54, 1.807) is 54.7 Å². The van der Waals surface area contributed by atoms with Crippen LogP contribution in [0.1, 0.15) is 26.1 Å². The summed E-state index contributed by atoms with van der Waals surface area (Å²) in [4.78, 5) is 24.9. The predicted octanol–water partition coefficient (Wildman–Crippen LogP) is 8.47. The van der Waals surface area contributed by atoms with Gasteiger partial charge in [0, 0.05) is 27.8 Å². The van der Waals surface area contributed by atoms with Crippen LogP contribution < -0.4 is 15.4 Å². The average Bonchev–Trinajstić information content (AvgIpc) is 3.35. The van der Waals surface area contributed by atoms with Crippen molar-refractivity contribution >= 4 is 76.0 Å². The minimum absolute atomic E-state index is 0.0399. The number of rotatable bonds is 5. The lowest BCUT2D eigenvalue weighted by atomic mass is 10.1. The summed E-state index contributed by atoms with van der Waals surface area (Å²) in [5.41, 5.74) is 0.599. The second-order valence-electron chi connectivity index (χ2n) is 7.54. The molecule has 0 radical (unpaired) electrons. The van der Waals surface area contributed by atoms with Crippen LogP contribution >= 0.6 is 58.3 Å². The molecule has 0 aliphatic carbocycles. The van der Waals surface area contributed by atoms with Crippen molar-refractivity contribution in [1.29, 1.82) is 0 Å². The molecular formula is C24H17Cl3F2N2O3S2. The third-order valence-corrected chi connectivity index (χ3v) is 9.19. The van der Waals surface area contributed by atoms with Gasteiger partial charge in [0.2, 0.25) is 0 Å². The molecule has 4 rings (SSSR count). The Labute approximate surface area is 229 Å². The molecule has 36 heavy (non-hydrogen) atoms. The molecule has 188 valence electrons. The van der Waals surface area contributed by atoms with Gasteiger partial charge in [0.1, 0.15) is 22.9 Å². The van der Waals surface area contributed by atoms with Gasteiger partial charge in [-0.1, -0.05) is 40.9 Å². The number of carbonyl (C=O) groups is 2. The van der Waals surface area contributed by atoms with Gasteiger partial charge in [-0.2, -0.15) is 0 Å². The van der Waals surface area contributed by atoms with E-state index in [1.165, 1.54) is 0 Å². The van der Waals surface area contributed by atoms with Gasteiger partial charge in [0.15, 0.2) is 5.75 Å². The van der Waals surface area contributed by atoms with Crippen LogP contribution in [0.3, 0.4) is 0 Å². The third kappa shape index (κ3) is 5.86. The quantitative estimate of drug-likeness (QED) is 0.312. The molecule has 0 atom stereocenters. The molecule has 1 heterocycles. The number of benzene rings is 3. The summed E-state index contributed by atoms with van der Waals surface area (Å²) in [6.45, 7) is 1.66. The Morgan fingerprint density at radius 1 is 1.03 bits per heavy atom. The van der Waals surface area contributed by atoms with Gasteiger partial charge in [-0.05, 0) is 48.9 Å². The lowest BCUT2D eigenvalue weighted by molar-refractivity contribution is 0.0959. The van der Waals surface area contributed by atoms with E-state index >= 15 is 0 Å². The maximum atomic E-state index is 13.9. The molecule has 2 N–H and O–H groups in total. The molecule has 3 aromatic rings. The molecule has 5 nitrogen and oxygen atoms in total. The van der Waals surface area contributed by atoms with E-state index in [4.69, 9.17) is 39.5 Å². The zero-order valence-corrected chi connectivity index (χ0v) is 22.4. The van der Waals surface area contributed by atoms with Gasteiger partial charge in [-0.3, -0.25) is 10.1 Å². The Morgan fingerprint density at radius 3 is 2.33 bits per heavy atom. The van der Waals surface area contributed by atoms with E-state index in [9.17, 15) is 18.4 Å². The van der Waals surface area contributed by atoms with Crippen LogP contribution in [0.25, 0.3) is 0 Å². The third-order valence-electron chi connectivity index (χ3n) is 5.14. The first kappa shape index (κ1) is 26.9. The number of imide groups is 1. The minimum Gasteiger partial charge on any atom is -0.454 e. The van der Waals surface area contributed by atoms with E-state index in [0.717, 1.165) is 29.7 Å². The number of anilines is 1. The van der Waals surface area contributed by atoms with Gasteiger partial charge >= 0.3 is 6.03 Å². The van der Waals surface area contributed by atoms with E-state index in [0.29, 0.717) is 38.4 Å². The van der Waals surface area contributed by atoms with Crippen LogP contribution in [0.15, 0.2) is 42.5 Å². The van der Waals surface area contributed by atoms with Crippen LogP contribution in [-0.4, -0.2) is 23.4 Å². The molecular weight excluding hydrogens is 573 g/mol. The molecule has 0 spiro atoms. The molecule has 1 saturated heterocycles. The molecule has 1 aliphatic heterocycles. The SMILES string of the molecule is Cc1c(NC(=O)NC(=O)c2c(F)cccc2F)cc(C2SCCS2)c(Oc2ccc(Cl)cc2Cl)c1Cl. The van der Waals surface area contributed by atoms with Crippen molar-refractivity contribution in [3.8, 4) is 11.5 Å². The molecule has 3 amide bonds. The van der Waals surface area contributed by atoms with Crippen molar-refractivity contribution in [2.75, 3.05) is 16.8 Å². The summed E-state index contributed by atoms with van der Waals surface area (Å²) >= 11 is 22.3. The monoisotopic (exact) mass is 588 g/mol. The summed E-state index contributed by atoms with van der Waals surface area (Å²) in [6.07, 6.45) is 0. The molecule has 1 fully saturated rings. The van der Waals surface area contributed by atoms with Crippen molar-refractivity contribution in [3.05, 3.63) is 85.9 Å². The first-order chi connectivity index (χ1) is 17.2. The van der Waals surface area contributed by atoms with Gasteiger partial charge in [-0.15, -0.1) is 23.5 Å². The highest BCUT2D eigenvalue weighted by molar-refractivity contribution is 8.19. The van der Waals surface area contributed by atoms with Gasteiger partial charge < -0.3 is 10.1 Å². The number of halogens is 5.